The second kappa shape index (κ2) is 7.21. The first-order valence-electron chi connectivity index (χ1n) is 6.56. The molecule has 1 unspecified atom stereocenters. The summed E-state index contributed by atoms with van der Waals surface area (Å²) in [6.45, 7) is 2.09. The van der Waals surface area contributed by atoms with Crippen LogP contribution in [0.5, 0.6) is 0 Å². The smallest absolute Gasteiger partial charge is 0.226 e. The molecular formula is C14H18N2O3S. The summed E-state index contributed by atoms with van der Waals surface area (Å²) in [4.78, 5) is 16.3. The lowest BCUT2D eigenvalue weighted by Crippen LogP contribution is -2.33. The largest absolute Gasteiger partial charge is 0.472 e. The zero-order valence-electron chi connectivity index (χ0n) is 11.3. The molecule has 20 heavy (non-hydrogen) atoms. The number of rotatable bonds is 7. The van der Waals surface area contributed by atoms with Gasteiger partial charge < -0.3 is 14.8 Å². The highest BCUT2D eigenvalue weighted by atomic mass is 32.1. The number of aliphatic hydroxyl groups excluding tert-OH is 1. The van der Waals surface area contributed by atoms with E-state index in [1.165, 1.54) is 11.3 Å². The molecule has 6 heteroatoms. The number of carbonyl (C=O) groups excluding carboxylic acids is 1. The number of amides is 1. The van der Waals surface area contributed by atoms with Crippen molar-refractivity contribution in [3.8, 4) is 10.6 Å². The van der Waals surface area contributed by atoms with E-state index in [9.17, 15) is 4.79 Å². The van der Waals surface area contributed by atoms with E-state index < -0.39 is 0 Å². The Morgan fingerprint density at radius 3 is 3.15 bits per heavy atom. The number of thiazole rings is 1. The molecule has 0 aliphatic carbocycles. The van der Waals surface area contributed by atoms with Gasteiger partial charge in [0.1, 0.15) is 11.3 Å². The van der Waals surface area contributed by atoms with Crippen molar-refractivity contribution in [2.45, 2.75) is 32.2 Å². The summed E-state index contributed by atoms with van der Waals surface area (Å²) in [5.41, 5.74) is 1.69. The summed E-state index contributed by atoms with van der Waals surface area (Å²) < 4.78 is 5.02. The van der Waals surface area contributed by atoms with E-state index in [0.717, 1.165) is 22.7 Å². The summed E-state index contributed by atoms with van der Waals surface area (Å²) in [7, 11) is 0. The molecule has 108 valence electrons. The van der Waals surface area contributed by atoms with Crippen molar-refractivity contribution in [1.29, 1.82) is 0 Å². The molecule has 0 spiro atoms. The third-order valence-corrected chi connectivity index (χ3v) is 3.80. The van der Waals surface area contributed by atoms with Crippen molar-refractivity contribution in [2.75, 3.05) is 6.61 Å². The van der Waals surface area contributed by atoms with E-state index in [2.05, 4.69) is 10.3 Å². The van der Waals surface area contributed by atoms with Gasteiger partial charge in [0.05, 0.1) is 18.4 Å². The van der Waals surface area contributed by atoms with Crippen LogP contribution in [0.25, 0.3) is 10.6 Å². The molecule has 2 aromatic rings. The summed E-state index contributed by atoms with van der Waals surface area (Å²) >= 11 is 1.50. The molecule has 2 N–H and O–H groups in total. The van der Waals surface area contributed by atoms with E-state index in [0.29, 0.717) is 6.42 Å². The monoisotopic (exact) mass is 294 g/mol. The number of furan rings is 1. The predicted octanol–water partition coefficient (Wildman–Crippen LogP) is 2.22. The van der Waals surface area contributed by atoms with Crippen LogP contribution in [-0.4, -0.2) is 28.6 Å². The Labute approximate surface area is 121 Å². The molecule has 0 saturated heterocycles. The van der Waals surface area contributed by atoms with E-state index >= 15 is 0 Å². The van der Waals surface area contributed by atoms with Gasteiger partial charge in [0, 0.05) is 23.6 Å². The van der Waals surface area contributed by atoms with Crippen LogP contribution in [0.2, 0.25) is 0 Å². The van der Waals surface area contributed by atoms with Crippen molar-refractivity contribution >= 4 is 17.2 Å². The predicted molar refractivity (Wildman–Crippen MR) is 77.4 cm³/mol. The maximum Gasteiger partial charge on any atom is 0.226 e. The molecule has 0 aromatic carbocycles. The third kappa shape index (κ3) is 4.18. The number of nitrogens with zero attached hydrogens (tertiary/aromatic N) is 1. The van der Waals surface area contributed by atoms with Crippen LogP contribution in [0.1, 0.15) is 25.5 Å². The minimum absolute atomic E-state index is 0.0421. The van der Waals surface area contributed by atoms with Crippen molar-refractivity contribution in [1.82, 2.24) is 10.3 Å². The fourth-order valence-electron chi connectivity index (χ4n) is 1.87. The molecule has 2 rings (SSSR count). The maximum atomic E-state index is 11.9. The first-order chi connectivity index (χ1) is 9.69. The highest BCUT2D eigenvalue weighted by Gasteiger charge is 2.11. The molecule has 0 fully saturated rings. The number of aliphatic hydroxyl groups is 1. The lowest BCUT2D eigenvalue weighted by atomic mass is 10.2. The van der Waals surface area contributed by atoms with Gasteiger partial charge in [0.15, 0.2) is 0 Å². The first-order valence-corrected chi connectivity index (χ1v) is 7.44. The molecule has 0 aliphatic heterocycles. The molecule has 5 nitrogen and oxygen atoms in total. The highest BCUT2D eigenvalue weighted by molar-refractivity contribution is 7.13. The minimum Gasteiger partial charge on any atom is -0.472 e. The second-order valence-corrected chi connectivity index (χ2v) is 5.53. The zero-order valence-corrected chi connectivity index (χ0v) is 12.2. The van der Waals surface area contributed by atoms with Gasteiger partial charge in [0.25, 0.3) is 0 Å². The van der Waals surface area contributed by atoms with Crippen LogP contribution in [0.15, 0.2) is 28.4 Å². The lowest BCUT2D eigenvalue weighted by Gasteiger charge is -2.12. The van der Waals surface area contributed by atoms with Gasteiger partial charge >= 0.3 is 0 Å². The Kier molecular flexibility index (Phi) is 5.31. The van der Waals surface area contributed by atoms with Gasteiger partial charge in [-0.3, -0.25) is 4.79 Å². The number of aromatic nitrogens is 1. The number of nitrogens with one attached hydrogen (secondary N) is 1. The van der Waals surface area contributed by atoms with Crippen LogP contribution < -0.4 is 5.32 Å². The first kappa shape index (κ1) is 14.7. The number of hydrogen-bond donors (Lipinski definition) is 2. The lowest BCUT2D eigenvalue weighted by molar-refractivity contribution is -0.121. The van der Waals surface area contributed by atoms with Gasteiger partial charge in [-0.15, -0.1) is 11.3 Å². The standard InChI is InChI=1S/C14H18N2O3S/c1-10(3-2-5-17)15-13(18)7-12-9-20-14(16-12)11-4-6-19-8-11/h4,6,8-10,17H,2-3,5,7H2,1H3,(H,15,18). The fourth-order valence-corrected chi connectivity index (χ4v) is 2.67. The molecule has 1 atom stereocenters. The molecule has 1 amide bonds. The minimum atomic E-state index is -0.0421. The topological polar surface area (TPSA) is 75.4 Å². The van der Waals surface area contributed by atoms with Gasteiger partial charge in [-0.1, -0.05) is 0 Å². The Balaban J connectivity index is 1.86. The van der Waals surface area contributed by atoms with Crippen LogP contribution in [-0.2, 0) is 11.2 Å². The summed E-state index contributed by atoms with van der Waals surface area (Å²) in [6.07, 6.45) is 4.99. The number of carbonyl (C=O) groups is 1. The van der Waals surface area contributed by atoms with Crippen LogP contribution in [0.4, 0.5) is 0 Å². The van der Waals surface area contributed by atoms with E-state index in [1.807, 2.05) is 18.4 Å². The Hall–Kier alpha value is -1.66. The third-order valence-electron chi connectivity index (χ3n) is 2.86. The Bertz CT molecular complexity index is 536. The SMILES string of the molecule is CC(CCCO)NC(=O)Cc1csc(-c2ccoc2)n1. The van der Waals surface area contributed by atoms with Crippen molar-refractivity contribution < 1.29 is 14.3 Å². The molecule has 0 bridgehead atoms. The average Bonchev–Trinajstić information content (AvgIpc) is 3.06. The summed E-state index contributed by atoms with van der Waals surface area (Å²) in [6, 6.07) is 1.92. The molecule has 0 aliphatic rings. The van der Waals surface area contributed by atoms with E-state index in [-0.39, 0.29) is 25.0 Å². The van der Waals surface area contributed by atoms with Gasteiger partial charge in [-0.05, 0) is 25.8 Å². The van der Waals surface area contributed by atoms with Crippen LogP contribution >= 0.6 is 11.3 Å². The zero-order chi connectivity index (χ0) is 14.4. The van der Waals surface area contributed by atoms with Crippen molar-refractivity contribution in [3.63, 3.8) is 0 Å². The number of hydrogen-bond acceptors (Lipinski definition) is 5. The fraction of sp³-hybridized carbons (Fsp3) is 0.429. The maximum absolute atomic E-state index is 11.9. The van der Waals surface area contributed by atoms with Gasteiger partial charge in [-0.2, -0.15) is 0 Å². The normalized spacial score (nSPS) is 12.3. The van der Waals surface area contributed by atoms with Crippen molar-refractivity contribution in [3.05, 3.63) is 29.7 Å². The highest BCUT2D eigenvalue weighted by Crippen LogP contribution is 2.24. The molecule has 0 radical (unpaired) electrons. The van der Waals surface area contributed by atoms with Crippen LogP contribution in [0.3, 0.4) is 0 Å². The van der Waals surface area contributed by atoms with Gasteiger partial charge in [0.2, 0.25) is 5.91 Å². The summed E-state index contributed by atoms with van der Waals surface area (Å²) in [5, 5.41) is 14.4. The van der Waals surface area contributed by atoms with E-state index in [1.54, 1.807) is 12.5 Å². The molecule has 2 aromatic heterocycles. The molecule has 2 heterocycles. The molecular weight excluding hydrogens is 276 g/mol. The Morgan fingerprint density at radius 1 is 1.60 bits per heavy atom. The average molecular weight is 294 g/mol. The van der Waals surface area contributed by atoms with Crippen LogP contribution in [0, 0.1) is 0 Å². The quantitative estimate of drug-likeness (QED) is 0.821. The Morgan fingerprint density at radius 2 is 2.45 bits per heavy atom. The van der Waals surface area contributed by atoms with Gasteiger partial charge in [-0.25, -0.2) is 4.98 Å². The van der Waals surface area contributed by atoms with Crippen molar-refractivity contribution in [2.24, 2.45) is 0 Å². The second-order valence-electron chi connectivity index (χ2n) is 4.67. The summed E-state index contributed by atoms with van der Waals surface area (Å²) in [5.74, 6) is -0.0421. The molecule has 0 saturated carbocycles. The van der Waals surface area contributed by atoms with E-state index in [4.69, 9.17) is 9.52 Å².